The molecule has 4 heteroatoms. The summed E-state index contributed by atoms with van der Waals surface area (Å²) in [5.41, 5.74) is 0. The lowest BCUT2D eigenvalue weighted by molar-refractivity contribution is 0.187. The molecule has 0 saturated carbocycles. The van der Waals surface area contributed by atoms with E-state index in [-0.39, 0.29) is 6.10 Å². The predicted octanol–water partition coefficient (Wildman–Crippen LogP) is 1.30. The number of pyridine rings is 1. The number of aliphatic hydroxyl groups is 1. The van der Waals surface area contributed by atoms with E-state index in [1.807, 2.05) is 24.1 Å². The van der Waals surface area contributed by atoms with Crippen LogP contribution >= 0.6 is 0 Å². The molecule has 0 aliphatic rings. The first kappa shape index (κ1) is 11.8. The fourth-order valence-corrected chi connectivity index (χ4v) is 1.21. The van der Waals surface area contributed by atoms with E-state index >= 15 is 0 Å². The number of aromatic nitrogens is 1. The Hall–Kier alpha value is -1.29. The van der Waals surface area contributed by atoms with Crippen molar-refractivity contribution in [2.75, 3.05) is 25.6 Å². The van der Waals surface area contributed by atoms with Crippen molar-refractivity contribution in [3.8, 4) is 5.75 Å². The van der Waals surface area contributed by atoms with Crippen LogP contribution in [0.4, 0.5) is 5.82 Å². The summed E-state index contributed by atoms with van der Waals surface area (Å²) in [6.45, 7) is 2.58. The van der Waals surface area contributed by atoms with Crippen LogP contribution in [0.5, 0.6) is 5.75 Å². The molecule has 4 nitrogen and oxygen atoms in total. The van der Waals surface area contributed by atoms with Gasteiger partial charge in [0.15, 0.2) is 0 Å². The zero-order valence-electron chi connectivity index (χ0n) is 9.47. The first-order valence-corrected chi connectivity index (χ1v) is 5.02. The van der Waals surface area contributed by atoms with Crippen molar-refractivity contribution in [2.24, 2.45) is 0 Å². The maximum Gasteiger partial charge on any atom is 0.137 e. The van der Waals surface area contributed by atoms with Crippen molar-refractivity contribution < 1.29 is 9.84 Å². The largest absolute Gasteiger partial charge is 0.495 e. The Labute approximate surface area is 90.5 Å². The molecule has 1 heterocycles. The summed E-state index contributed by atoms with van der Waals surface area (Å²) < 4.78 is 5.03. The van der Waals surface area contributed by atoms with E-state index < -0.39 is 0 Å². The lowest BCUT2D eigenvalue weighted by Gasteiger charge is -2.18. The van der Waals surface area contributed by atoms with Crippen molar-refractivity contribution in [3.63, 3.8) is 0 Å². The average Bonchev–Trinajstić information content (AvgIpc) is 2.26. The molecule has 84 valence electrons. The van der Waals surface area contributed by atoms with Crippen LogP contribution in [-0.2, 0) is 0 Å². The molecule has 0 fully saturated rings. The Morgan fingerprint density at radius 2 is 2.27 bits per heavy atom. The van der Waals surface area contributed by atoms with Gasteiger partial charge in [-0.25, -0.2) is 4.98 Å². The summed E-state index contributed by atoms with van der Waals surface area (Å²) in [6.07, 6.45) is 2.16. The third-order valence-electron chi connectivity index (χ3n) is 2.23. The fourth-order valence-electron chi connectivity index (χ4n) is 1.21. The first-order chi connectivity index (χ1) is 7.13. The molecule has 1 atom stereocenters. The van der Waals surface area contributed by atoms with E-state index in [9.17, 15) is 0 Å². The highest BCUT2D eigenvalue weighted by molar-refractivity contribution is 5.39. The Kier molecular flexibility index (Phi) is 4.37. The molecule has 0 spiro atoms. The van der Waals surface area contributed by atoms with E-state index in [0.29, 0.717) is 0 Å². The summed E-state index contributed by atoms with van der Waals surface area (Å²) in [7, 11) is 3.57. The van der Waals surface area contributed by atoms with Crippen molar-refractivity contribution in [1.82, 2.24) is 4.98 Å². The molecule has 1 unspecified atom stereocenters. The van der Waals surface area contributed by atoms with Crippen LogP contribution < -0.4 is 9.64 Å². The standard InChI is InChI=1S/C11H18N2O2/c1-9(14)6-7-13(2)11-5-4-10(15-3)8-12-11/h4-5,8-9,14H,6-7H2,1-3H3. The zero-order valence-corrected chi connectivity index (χ0v) is 9.47. The minimum atomic E-state index is -0.273. The molecule has 1 aromatic heterocycles. The summed E-state index contributed by atoms with van der Waals surface area (Å²) in [4.78, 5) is 6.25. The number of nitrogens with zero attached hydrogens (tertiary/aromatic N) is 2. The highest BCUT2D eigenvalue weighted by atomic mass is 16.5. The van der Waals surface area contributed by atoms with Gasteiger partial charge in [-0.3, -0.25) is 0 Å². The third-order valence-corrected chi connectivity index (χ3v) is 2.23. The molecule has 0 aliphatic heterocycles. The van der Waals surface area contributed by atoms with Gasteiger partial charge in [0.25, 0.3) is 0 Å². The molecule has 0 amide bonds. The number of anilines is 1. The van der Waals surface area contributed by atoms with E-state index in [2.05, 4.69) is 4.98 Å². The van der Waals surface area contributed by atoms with E-state index in [1.54, 1.807) is 20.2 Å². The monoisotopic (exact) mass is 210 g/mol. The topological polar surface area (TPSA) is 45.6 Å². The molecule has 0 aliphatic carbocycles. The smallest absolute Gasteiger partial charge is 0.137 e. The van der Waals surface area contributed by atoms with Gasteiger partial charge in [-0.05, 0) is 25.5 Å². The average molecular weight is 210 g/mol. The van der Waals surface area contributed by atoms with Gasteiger partial charge >= 0.3 is 0 Å². The van der Waals surface area contributed by atoms with Gasteiger partial charge in [0.2, 0.25) is 0 Å². The summed E-state index contributed by atoms with van der Waals surface area (Å²) in [5.74, 6) is 1.64. The number of ether oxygens (including phenoxy) is 1. The Balaban J connectivity index is 2.54. The predicted molar refractivity (Wildman–Crippen MR) is 60.4 cm³/mol. The van der Waals surface area contributed by atoms with Gasteiger partial charge < -0.3 is 14.7 Å². The second-order valence-corrected chi connectivity index (χ2v) is 3.62. The van der Waals surface area contributed by atoms with E-state index in [1.165, 1.54) is 0 Å². The second-order valence-electron chi connectivity index (χ2n) is 3.62. The molecular weight excluding hydrogens is 192 g/mol. The van der Waals surface area contributed by atoms with Gasteiger partial charge in [0.1, 0.15) is 11.6 Å². The fraction of sp³-hybridized carbons (Fsp3) is 0.545. The second kappa shape index (κ2) is 5.56. The lowest BCUT2D eigenvalue weighted by Crippen LogP contribution is -2.22. The lowest BCUT2D eigenvalue weighted by atomic mass is 10.3. The quantitative estimate of drug-likeness (QED) is 0.795. The van der Waals surface area contributed by atoms with Crippen LogP contribution in [0.25, 0.3) is 0 Å². The van der Waals surface area contributed by atoms with E-state index in [4.69, 9.17) is 9.84 Å². The molecule has 1 aromatic rings. The molecule has 0 bridgehead atoms. The number of hydrogen-bond donors (Lipinski definition) is 1. The molecule has 1 rings (SSSR count). The van der Waals surface area contributed by atoms with Crippen LogP contribution in [0.15, 0.2) is 18.3 Å². The van der Waals surface area contributed by atoms with Gasteiger partial charge in [-0.15, -0.1) is 0 Å². The summed E-state index contributed by atoms with van der Waals surface area (Å²) in [5, 5.41) is 9.16. The van der Waals surface area contributed by atoms with Gasteiger partial charge in [-0.2, -0.15) is 0 Å². The van der Waals surface area contributed by atoms with Gasteiger partial charge in [-0.1, -0.05) is 0 Å². The molecular formula is C11H18N2O2. The minimum absolute atomic E-state index is 0.273. The van der Waals surface area contributed by atoms with Crippen molar-refractivity contribution in [3.05, 3.63) is 18.3 Å². The molecule has 0 saturated heterocycles. The van der Waals surface area contributed by atoms with Crippen LogP contribution in [-0.4, -0.2) is 36.9 Å². The highest BCUT2D eigenvalue weighted by Crippen LogP contribution is 2.14. The van der Waals surface area contributed by atoms with Crippen LogP contribution in [0.1, 0.15) is 13.3 Å². The van der Waals surface area contributed by atoms with Crippen LogP contribution in [0, 0.1) is 0 Å². The highest BCUT2D eigenvalue weighted by Gasteiger charge is 2.04. The SMILES string of the molecule is COc1ccc(N(C)CCC(C)O)nc1. The van der Waals surface area contributed by atoms with Crippen LogP contribution in [0.2, 0.25) is 0 Å². The first-order valence-electron chi connectivity index (χ1n) is 5.02. The Bertz CT molecular complexity index is 285. The number of rotatable bonds is 5. The molecule has 0 aromatic carbocycles. The normalized spacial score (nSPS) is 12.3. The maximum absolute atomic E-state index is 9.16. The van der Waals surface area contributed by atoms with E-state index in [0.717, 1.165) is 24.5 Å². The van der Waals surface area contributed by atoms with Gasteiger partial charge in [0, 0.05) is 13.6 Å². The van der Waals surface area contributed by atoms with Gasteiger partial charge in [0.05, 0.1) is 19.4 Å². The third kappa shape index (κ3) is 3.75. The Morgan fingerprint density at radius 1 is 1.53 bits per heavy atom. The summed E-state index contributed by atoms with van der Waals surface area (Å²) >= 11 is 0. The van der Waals surface area contributed by atoms with Crippen LogP contribution in [0.3, 0.4) is 0 Å². The zero-order chi connectivity index (χ0) is 11.3. The summed E-state index contributed by atoms with van der Waals surface area (Å²) in [6, 6.07) is 3.78. The number of hydrogen-bond acceptors (Lipinski definition) is 4. The molecule has 0 radical (unpaired) electrons. The Morgan fingerprint density at radius 3 is 2.73 bits per heavy atom. The number of methoxy groups -OCH3 is 1. The van der Waals surface area contributed by atoms with Crippen molar-refractivity contribution in [2.45, 2.75) is 19.4 Å². The maximum atomic E-state index is 9.16. The minimum Gasteiger partial charge on any atom is -0.495 e. The number of aliphatic hydroxyl groups excluding tert-OH is 1. The molecule has 15 heavy (non-hydrogen) atoms. The van der Waals surface area contributed by atoms with Crippen molar-refractivity contribution >= 4 is 5.82 Å². The molecule has 1 N–H and O–H groups in total. The van der Waals surface area contributed by atoms with Crippen molar-refractivity contribution in [1.29, 1.82) is 0 Å².